The first-order valence-electron chi connectivity index (χ1n) is 11.5. The highest BCUT2D eigenvalue weighted by Gasteiger charge is 2.39. The molecule has 4 N–H and O–H groups in total. The molecule has 3 aliphatic rings. The van der Waals surface area contributed by atoms with Crippen molar-refractivity contribution >= 4 is 34.6 Å². The molecular formula is C23H31N5O5S. The van der Waals surface area contributed by atoms with Crippen molar-refractivity contribution in [2.45, 2.75) is 38.0 Å². The zero-order valence-electron chi connectivity index (χ0n) is 19.2. The Labute approximate surface area is 202 Å². The minimum atomic E-state index is -0.772. The second-order valence-corrected chi connectivity index (χ2v) is 9.63. The zero-order valence-corrected chi connectivity index (χ0v) is 20.0. The lowest BCUT2D eigenvalue weighted by Gasteiger charge is -2.26. The predicted octanol–water partition coefficient (Wildman–Crippen LogP) is -0.406. The number of hydrogen-bond acceptors (Lipinski definition) is 8. The molecule has 34 heavy (non-hydrogen) atoms. The van der Waals surface area contributed by atoms with Crippen LogP contribution in [0.25, 0.3) is 5.57 Å². The Morgan fingerprint density at radius 3 is 2.85 bits per heavy atom. The lowest BCUT2D eigenvalue weighted by Crippen LogP contribution is -2.54. The molecule has 2 saturated heterocycles. The minimum absolute atomic E-state index is 0.0706. The summed E-state index contributed by atoms with van der Waals surface area (Å²) in [6.07, 6.45) is 6.50. The van der Waals surface area contributed by atoms with Gasteiger partial charge in [0.15, 0.2) is 0 Å². The summed E-state index contributed by atoms with van der Waals surface area (Å²) in [5, 5.41) is 18.7. The number of carbonyl (C=O) groups excluding carboxylic acids is 3. The summed E-state index contributed by atoms with van der Waals surface area (Å²) in [5.74, 6) is -0.855. The molecule has 0 saturated carbocycles. The smallest absolute Gasteiger partial charge is 0.242 e. The van der Waals surface area contributed by atoms with Gasteiger partial charge in [0.2, 0.25) is 17.7 Å². The Balaban J connectivity index is 1.25. The fraction of sp³-hybridized carbons (Fsp3) is 0.565. The van der Waals surface area contributed by atoms with E-state index in [1.54, 1.807) is 11.3 Å². The molecule has 11 heteroatoms. The fourth-order valence-electron chi connectivity index (χ4n) is 4.37. The number of rotatable bonds is 7. The largest absolute Gasteiger partial charge is 0.391 e. The SMILES string of the molecule is Cc1ncsc1C1=CCC(CNC(=O)[C@@H]2C[C@@H](O)CN2C(=O)CNC(=O)[C@H]2COCCN2)C=C1. The first-order valence-corrected chi connectivity index (χ1v) is 12.4. The van der Waals surface area contributed by atoms with Crippen LogP contribution in [0.4, 0.5) is 0 Å². The monoisotopic (exact) mass is 489 g/mol. The Morgan fingerprint density at radius 2 is 2.18 bits per heavy atom. The van der Waals surface area contributed by atoms with Crippen LogP contribution in [0.2, 0.25) is 0 Å². The first kappa shape index (κ1) is 24.5. The molecule has 0 spiro atoms. The number of aliphatic hydroxyl groups is 1. The van der Waals surface area contributed by atoms with Gasteiger partial charge in [-0.15, -0.1) is 11.3 Å². The molecule has 2 fully saturated rings. The van der Waals surface area contributed by atoms with Gasteiger partial charge in [-0.25, -0.2) is 4.98 Å². The molecule has 184 valence electrons. The van der Waals surface area contributed by atoms with Crippen molar-refractivity contribution in [1.29, 1.82) is 0 Å². The number of amides is 3. The average Bonchev–Trinajstić information content (AvgIpc) is 3.47. The van der Waals surface area contributed by atoms with Gasteiger partial charge in [0.1, 0.15) is 12.1 Å². The van der Waals surface area contributed by atoms with Crippen LogP contribution < -0.4 is 16.0 Å². The number of hydrogen-bond donors (Lipinski definition) is 4. The lowest BCUT2D eigenvalue weighted by molar-refractivity contribution is -0.139. The van der Waals surface area contributed by atoms with Crippen molar-refractivity contribution in [2.75, 3.05) is 39.4 Å². The maximum atomic E-state index is 12.9. The number of likely N-dealkylation sites (tertiary alicyclic amines) is 1. The third kappa shape index (κ3) is 5.90. The number of β-amino-alcohol motifs (C(OH)–C–C–N with tert-alkyl or cyclic N) is 1. The molecule has 3 amide bonds. The first-order chi connectivity index (χ1) is 16.4. The van der Waals surface area contributed by atoms with Gasteiger partial charge in [0.25, 0.3) is 0 Å². The summed E-state index contributed by atoms with van der Waals surface area (Å²) < 4.78 is 5.26. The van der Waals surface area contributed by atoms with Crippen molar-refractivity contribution in [3.8, 4) is 0 Å². The second kappa shape index (κ2) is 11.2. The van der Waals surface area contributed by atoms with Gasteiger partial charge >= 0.3 is 0 Å². The van der Waals surface area contributed by atoms with Gasteiger partial charge in [-0.2, -0.15) is 0 Å². The molecular weight excluding hydrogens is 458 g/mol. The molecule has 4 rings (SSSR count). The van der Waals surface area contributed by atoms with E-state index in [-0.39, 0.29) is 43.8 Å². The van der Waals surface area contributed by atoms with E-state index in [4.69, 9.17) is 4.74 Å². The van der Waals surface area contributed by atoms with Crippen LogP contribution in [0.5, 0.6) is 0 Å². The van der Waals surface area contributed by atoms with Gasteiger partial charge in [-0.3, -0.25) is 14.4 Å². The van der Waals surface area contributed by atoms with Crippen molar-refractivity contribution in [1.82, 2.24) is 25.8 Å². The maximum absolute atomic E-state index is 12.9. The van der Waals surface area contributed by atoms with E-state index in [1.165, 1.54) is 4.90 Å². The minimum Gasteiger partial charge on any atom is -0.391 e. The highest BCUT2D eigenvalue weighted by atomic mass is 32.1. The number of carbonyl (C=O) groups is 3. The summed E-state index contributed by atoms with van der Waals surface area (Å²) in [7, 11) is 0. The van der Waals surface area contributed by atoms with E-state index in [0.717, 1.165) is 22.6 Å². The summed E-state index contributed by atoms with van der Waals surface area (Å²) in [5.41, 5.74) is 3.99. The Kier molecular flexibility index (Phi) is 8.09. The molecule has 4 atom stereocenters. The second-order valence-electron chi connectivity index (χ2n) is 8.78. The molecule has 0 aromatic carbocycles. The Bertz CT molecular complexity index is 971. The van der Waals surface area contributed by atoms with E-state index in [0.29, 0.717) is 19.7 Å². The predicted molar refractivity (Wildman–Crippen MR) is 127 cm³/mol. The van der Waals surface area contributed by atoms with Crippen LogP contribution in [0.1, 0.15) is 23.4 Å². The third-order valence-electron chi connectivity index (χ3n) is 6.29. The summed E-state index contributed by atoms with van der Waals surface area (Å²) in [4.78, 5) is 44.6. The molecule has 1 unspecified atom stereocenters. The van der Waals surface area contributed by atoms with Gasteiger partial charge in [-0.1, -0.05) is 18.2 Å². The molecule has 0 radical (unpaired) electrons. The highest BCUT2D eigenvalue weighted by Crippen LogP contribution is 2.29. The number of aromatic nitrogens is 1. The van der Waals surface area contributed by atoms with Crippen molar-refractivity contribution in [3.63, 3.8) is 0 Å². The molecule has 1 aliphatic carbocycles. The molecule has 1 aromatic rings. The lowest BCUT2D eigenvalue weighted by atomic mass is 9.95. The van der Waals surface area contributed by atoms with Gasteiger partial charge < -0.3 is 30.7 Å². The topological polar surface area (TPSA) is 133 Å². The molecule has 3 heterocycles. The van der Waals surface area contributed by atoms with E-state index in [1.807, 2.05) is 12.4 Å². The number of allylic oxidation sites excluding steroid dienone is 3. The zero-order chi connectivity index (χ0) is 24.1. The van der Waals surface area contributed by atoms with Crippen molar-refractivity contribution < 1.29 is 24.2 Å². The highest BCUT2D eigenvalue weighted by molar-refractivity contribution is 7.11. The molecule has 1 aromatic heterocycles. The quantitative estimate of drug-likeness (QED) is 0.409. The Morgan fingerprint density at radius 1 is 1.32 bits per heavy atom. The van der Waals surface area contributed by atoms with Crippen LogP contribution >= 0.6 is 11.3 Å². The normalized spacial score (nSPS) is 26.8. The molecule has 2 aliphatic heterocycles. The van der Waals surface area contributed by atoms with E-state index >= 15 is 0 Å². The Hall–Kier alpha value is -2.60. The van der Waals surface area contributed by atoms with Crippen LogP contribution in [0.15, 0.2) is 23.7 Å². The number of ether oxygens (including phenoxy) is 1. The summed E-state index contributed by atoms with van der Waals surface area (Å²) in [6, 6.07) is -1.25. The number of aliphatic hydroxyl groups excluding tert-OH is 1. The van der Waals surface area contributed by atoms with Crippen LogP contribution in [0.3, 0.4) is 0 Å². The maximum Gasteiger partial charge on any atom is 0.242 e. The molecule has 0 bridgehead atoms. The summed E-state index contributed by atoms with van der Waals surface area (Å²) in [6.45, 7) is 3.65. The standard InChI is InChI=1S/C23H31N5O5S/c1-14-21(34-13-27-14)16-4-2-15(3-5-16)9-25-23(32)19-8-17(29)11-28(19)20(30)10-26-22(31)18-12-33-7-6-24-18/h2,4-5,13,15,17-19,24,29H,3,6-12H2,1H3,(H,25,32)(H,26,31)/t15?,17-,18-,19+/m1/s1. The van der Waals surface area contributed by atoms with Crippen molar-refractivity contribution in [3.05, 3.63) is 34.3 Å². The van der Waals surface area contributed by atoms with Gasteiger partial charge in [0, 0.05) is 26.1 Å². The number of nitrogens with zero attached hydrogens (tertiary/aromatic N) is 2. The van der Waals surface area contributed by atoms with Crippen LogP contribution in [-0.2, 0) is 19.1 Å². The molecule has 10 nitrogen and oxygen atoms in total. The summed E-state index contributed by atoms with van der Waals surface area (Å²) >= 11 is 1.61. The van der Waals surface area contributed by atoms with Gasteiger partial charge in [0.05, 0.1) is 41.9 Å². The van der Waals surface area contributed by atoms with Crippen molar-refractivity contribution in [2.24, 2.45) is 5.92 Å². The fourth-order valence-corrected chi connectivity index (χ4v) is 5.20. The van der Waals surface area contributed by atoms with E-state index in [9.17, 15) is 19.5 Å². The number of thiazole rings is 1. The number of aryl methyl sites for hydroxylation is 1. The van der Waals surface area contributed by atoms with Crippen LogP contribution in [0, 0.1) is 12.8 Å². The number of morpholine rings is 1. The average molecular weight is 490 g/mol. The van der Waals surface area contributed by atoms with Gasteiger partial charge in [-0.05, 0) is 24.8 Å². The van der Waals surface area contributed by atoms with E-state index < -0.39 is 24.1 Å². The van der Waals surface area contributed by atoms with E-state index in [2.05, 4.69) is 39.2 Å². The third-order valence-corrected chi connectivity index (χ3v) is 7.27. The number of nitrogens with one attached hydrogen (secondary N) is 3. The van der Waals surface area contributed by atoms with Crippen LogP contribution in [-0.4, -0.2) is 90.3 Å².